The summed E-state index contributed by atoms with van der Waals surface area (Å²) >= 11 is 0. The zero-order chi connectivity index (χ0) is 10.5. The van der Waals surface area contributed by atoms with E-state index in [-0.39, 0.29) is 5.91 Å². The molecule has 1 unspecified atom stereocenters. The largest absolute Gasteiger partial charge is 0.350 e. The van der Waals surface area contributed by atoms with Crippen molar-refractivity contribution < 1.29 is 9.69 Å². The normalized spacial score (nSPS) is 21.9. The third kappa shape index (κ3) is 3.06. The second-order valence-corrected chi connectivity index (χ2v) is 4.01. The summed E-state index contributed by atoms with van der Waals surface area (Å²) in [7, 11) is 0. The first-order chi connectivity index (χ1) is 7.34. The molecule has 2 N–H and O–H groups in total. The van der Waals surface area contributed by atoms with E-state index in [1.807, 2.05) is 6.07 Å². The fourth-order valence-electron chi connectivity index (χ4n) is 1.94. The Morgan fingerprint density at radius 1 is 1.20 bits per heavy atom. The van der Waals surface area contributed by atoms with Gasteiger partial charge in [0, 0.05) is 5.56 Å². The second kappa shape index (κ2) is 4.94. The topological polar surface area (TPSA) is 33.5 Å². The van der Waals surface area contributed by atoms with Gasteiger partial charge in [0.25, 0.3) is 0 Å². The van der Waals surface area contributed by atoms with E-state index in [0.717, 1.165) is 26.2 Å². The van der Waals surface area contributed by atoms with E-state index in [4.69, 9.17) is 0 Å². The molecular weight excluding hydrogens is 188 g/mol. The van der Waals surface area contributed by atoms with Crippen molar-refractivity contribution in [3.63, 3.8) is 0 Å². The highest BCUT2D eigenvalue weighted by atomic mass is 16.1. The second-order valence-electron chi connectivity index (χ2n) is 4.01. The number of rotatable bonds is 2. The van der Waals surface area contributed by atoms with Crippen molar-refractivity contribution in [1.29, 1.82) is 0 Å². The molecule has 0 saturated carbocycles. The van der Waals surface area contributed by atoms with Crippen LogP contribution in [0.1, 0.15) is 12.0 Å². The quantitative estimate of drug-likeness (QED) is 0.676. The summed E-state index contributed by atoms with van der Waals surface area (Å²) in [5.74, 6) is 0.193. The molecule has 3 heteroatoms. The lowest BCUT2D eigenvalue weighted by Crippen LogP contribution is -3.11. The molecule has 1 fully saturated rings. The van der Waals surface area contributed by atoms with Crippen molar-refractivity contribution in [2.45, 2.75) is 13.0 Å². The molecule has 1 aromatic rings. The van der Waals surface area contributed by atoms with Gasteiger partial charge in [0.15, 0.2) is 0 Å². The molecule has 80 valence electrons. The third-order valence-corrected chi connectivity index (χ3v) is 2.80. The van der Waals surface area contributed by atoms with Crippen molar-refractivity contribution in [3.8, 4) is 0 Å². The molecule has 1 aliphatic heterocycles. The van der Waals surface area contributed by atoms with Crippen molar-refractivity contribution in [2.24, 2.45) is 0 Å². The number of carbonyl (C=O) groups is 1. The standard InChI is InChI=1S/C12H16N2O/c15-12-6-8-14(9-7-13-12)10-11-4-2-1-3-5-11/h1-5H,6-10H2,(H,13,15)/p+1. The number of hydrogen-bond acceptors (Lipinski definition) is 1. The molecule has 0 spiro atoms. The SMILES string of the molecule is O=C1CC[NH+](Cc2ccccc2)CCN1. The molecule has 1 aliphatic rings. The summed E-state index contributed by atoms with van der Waals surface area (Å²) in [4.78, 5) is 12.6. The number of carbonyl (C=O) groups excluding carboxylic acids is 1. The molecule has 0 aliphatic carbocycles. The Balaban J connectivity index is 1.92. The fourth-order valence-corrected chi connectivity index (χ4v) is 1.94. The summed E-state index contributed by atoms with van der Waals surface area (Å²) in [6.45, 7) is 3.80. The van der Waals surface area contributed by atoms with Gasteiger partial charge >= 0.3 is 0 Å². The van der Waals surface area contributed by atoms with Gasteiger partial charge < -0.3 is 10.2 Å². The lowest BCUT2D eigenvalue weighted by molar-refractivity contribution is -0.911. The average molecular weight is 205 g/mol. The van der Waals surface area contributed by atoms with Crippen molar-refractivity contribution in [2.75, 3.05) is 19.6 Å². The minimum atomic E-state index is 0.193. The van der Waals surface area contributed by atoms with Crippen LogP contribution in [0.15, 0.2) is 30.3 Å². The van der Waals surface area contributed by atoms with Gasteiger partial charge in [0.1, 0.15) is 6.54 Å². The molecule has 1 saturated heterocycles. The number of benzene rings is 1. The maximum absolute atomic E-state index is 11.2. The zero-order valence-corrected chi connectivity index (χ0v) is 8.83. The lowest BCUT2D eigenvalue weighted by Gasteiger charge is -2.15. The highest BCUT2D eigenvalue weighted by molar-refractivity contribution is 5.75. The Hall–Kier alpha value is -1.35. The molecule has 0 aromatic heterocycles. The van der Waals surface area contributed by atoms with Crippen LogP contribution in [-0.4, -0.2) is 25.5 Å². The highest BCUT2D eigenvalue weighted by Gasteiger charge is 2.15. The summed E-state index contributed by atoms with van der Waals surface area (Å²) in [5.41, 5.74) is 1.35. The van der Waals surface area contributed by atoms with Gasteiger partial charge in [-0.25, -0.2) is 0 Å². The third-order valence-electron chi connectivity index (χ3n) is 2.80. The Morgan fingerprint density at radius 2 is 2.00 bits per heavy atom. The predicted molar refractivity (Wildman–Crippen MR) is 58.5 cm³/mol. The van der Waals surface area contributed by atoms with Gasteiger partial charge in [0.2, 0.25) is 5.91 Å². The van der Waals surface area contributed by atoms with Crippen molar-refractivity contribution in [1.82, 2.24) is 5.32 Å². The van der Waals surface area contributed by atoms with E-state index >= 15 is 0 Å². The molecule has 2 rings (SSSR count). The first kappa shape index (κ1) is 10.2. The monoisotopic (exact) mass is 205 g/mol. The molecule has 1 aromatic carbocycles. The maximum Gasteiger partial charge on any atom is 0.225 e. The van der Waals surface area contributed by atoms with E-state index < -0.39 is 0 Å². The first-order valence-corrected chi connectivity index (χ1v) is 5.49. The predicted octanol–water partition coefficient (Wildman–Crippen LogP) is -0.409. The van der Waals surface area contributed by atoms with Crippen LogP contribution in [0.2, 0.25) is 0 Å². The van der Waals surface area contributed by atoms with Crippen molar-refractivity contribution in [3.05, 3.63) is 35.9 Å². The van der Waals surface area contributed by atoms with Gasteiger partial charge in [-0.05, 0) is 0 Å². The van der Waals surface area contributed by atoms with Crippen LogP contribution >= 0.6 is 0 Å². The van der Waals surface area contributed by atoms with E-state index in [1.54, 1.807) is 0 Å². The van der Waals surface area contributed by atoms with Crippen LogP contribution in [0, 0.1) is 0 Å². The molecule has 15 heavy (non-hydrogen) atoms. The van der Waals surface area contributed by atoms with Gasteiger partial charge in [-0.2, -0.15) is 0 Å². The average Bonchev–Trinajstić information content (AvgIpc) is 2.46. The Bertz CT molecular complexity index is 324. The van der Waals surface area contributed by atoms with Crippen LogP contribution < -0.4 is 10.2 Å². The molecule has 1 heterocycles. The van der Waals surface area contributed by atoms with Crippen molar-refractivity contribution >= 4 is 5.91 Å². The van der Waals surface area contributed by atoms with Gasteiger partial charge in [-0.1, -0.05) is 30.3 Å². The number of quaternary nitrogens is 1. The number of amides is 1. The molecule has 1 atom stereocenters. The van der Waals surface area contributed by atoms with Crippen LogP contribution in [0.4, 0.5) is 0 Å². The van der Waals surface area contributed by atoms with E-state index in [2.05, 4.69) is 29.6 Å². The van der Waals surface area contributed by atoms with E-state index in [9.17, 15) is 4.79 Å². The van der Waals surface area contributed by atoms with Gasteiger partial charge in [-0.15, -0.1) is 0 Å². The van der Waals surface area contributed by atoms with Crippen LogP contribution in [0.25, 0.3) is 0 Å². The summed E-state index contributed by atoms with van der Waals surface area (Å²) in [6, 6.07) is 10.5. The molecule has 1 amide bonds. The Morgan fingerprint density at radius 3 is 2.80 bits per heavy atom. The fraction of sp³-hybridized carbons (Fsp3) is 0.417. The molecular formula is C12H17N2O+. The maximum atomic E-state index is 11.2. The Labute approximate surface area is 90.1 Å². The summed E-state index contributed by atoms with van der Waals surface area (Å²) < 4.78 is 0. The Kier molecular flexibility index (Phi) is 3.35. The zero-order valence-electron chi connectivity index (χ0n) is 8.83. The van der Waals surface area contributed by atoms with E-state index in [1.165, 1.54) is 10.5 Å². The van der Waals surface area contributed by atoms with Gasteiger partial charge in [0.05, 0.1) is 26.1 Å². The van der Waals surface area contributed by atoms with Crippen LogP contribution in [0.5, 0.6) is 0 Å². The van der Waals surface area contributed by atoms with Crippen LogP contribution in [-0.2, 0) is 11.3 Å². The molecule has 0 bridgehead atoms. The molecule has 0 radical (unpaired) electrons. The number of hydrogen-bond donors (Lipinski definition) is 2. The highest BCUT2D eigenvalue weighted by Crippen LogP contribution is 1.95. The van der Waals surface area contributed by atoms with Gasteiger partial charge in [-0.3, -0.25) is 4.79 Å². The lowest BCUT2D eigenvalue weighted by atomic mass is 10.2. The summed E-state index contributed by atoms with van der Waals surface area (Å²) in [6.07, 6.45) is 0.655. The van der Waals surface area contributed by atoms with Crippen LogP contribution in [0.3, 0.4) is 0 Å². The van der Waals surface area contributed by atoms with E-state index in [0.29, 0.717) is 6.42 Å². The smallest absolute Gasteiger partial charge is 0.225 e. The minimum absolute atomic E-state index is 0.193. The molecule has 3 nitrogen and oxygen atoms in total. The first-order valence-electron chi connectivity index (χ1n) is 5.49. The minimum Gasteiger partial charge on any atom is -0.350 e. The summed E-state index contributed by atoms with van der Waals surface area (Å²) in [5, 5.41) is 2.90. The number of nitrogens with one attached hydrogen (secondary N) is 2.